The molecular weight excluding hydrogens is 319 g/mol. The highest BCUT2D eigenvalue weighted by molar-refractivity contribution is 5.90. The summed E-state index contributed by atoms with van der Waals surface area (Å²) in [4.78, 5) is 16.8. The van der Waals surface area contributed by atoms with Gasteiger partial charge in [0, 0.05) is 6.04 Å². The first-order valence-electron chi connectivity index (χ1n) is 9.01. The van der Waals surface area contributed by atoms with Gasteiger partial charge in [0.15, 0.2) is 0 Å². The van der Waals surface area contributed by atoms with Gasteiger partial charge in [0.05, 0.1) is 5.69 Å². The molecule has 2 aromatic rings. The van der Waals surface area contributed by atoms with Crippen LogP contribution in [0.4, 0.5) is 4.39 Å². The molecule has 0 spiro atoms. The maximum atomic E-state index is 13.1. The van der Waals surface area contributed by atoms with E-state index in [2.05, 4.69) is 22.3 Å². The van der Waals surface area contributed by atoms with Crippen LogP contribution in [0.25, 0.3) is 5.69 Å². The van der Waals surface area contributed by atoms with Crippen LogP contribution in [0.1, 0.15) is 49.1 Å². The molecule has 25 heavy (non-hydrogen) atoms. The van der Waals surface area contributed by atoms with Gasteiger partial charge in [-0.05, 0) is 75.1 Å². The number of benzene rings is 1. The van der Waals surface area contributed by atoms with E-state index in [9.17, 15) is 9.18 Å². The molecule has 0 unspecified atom stereocenters. The number of nitrogens with zero attached hydrogens (tertiary/aromatic N) is 3. The standard InChI is InChI=1S/C19H23FN4O/c1-11(17-10-13-3-4-14(17)9-13)21-19(25)18-22-12(2)24(23-18)16-7-5-15(20)6-8-16/h5-8,11,13-14,17H,3-4,9-10H2,1-2H3,(H,21,25)/t11-,13+,14+,17-/m1/s1. The average molecular weight is 342 g/mol. The van der Waals surface area contributed by atoms with Gasteiger partial charge in [-0.3, -0.25) is 4.79 Å². The van der Waals surface area contributed by atoms with Gasteiger partial charge in [-0.15, -0.1) is 5.10 Å². The summed E-state index contributed by atoms with van der Waals surface area (Å²) in [6, 6.07) is 6.12. The van der Waals surface area contributed by atoms with Gasteiger partial charge in [0.1, 0.15) is 11.6 Å². The summed E-state index contributed by atoms with van der Waals surface area (Å²) in [5.74, 6) is 2.40. The first-order chi connectivity index (χ1) is 12.0. The second-order valence-electron chi connectivity index (χ2n) is 7.47. The Balaban J connectivity index is 1.47. The molecule has 1 amide bonds. The van der Waals surface area contributed by atoms with E-state index in [4.69, 9.17) is 0 Å². The molecule has 132 valence electrons. The van der Waals surface area contributed by atoms with Crippen LogP contribution in [0.3, 0.4) is 0 Å². The lowest BCUT2D eigenvalue weighted by molar-refractivity contribution is 0.0904. The minimum Gasteiger partial charge on any atom is -0.347 e. The van der Waals surface area contributed by atoms with Crippen LogP contribution >= 0.6 is 0 Å². The van der Waals surface area contributed by atoms with Crippen LogP contribution in [0.15, 0.2) is 24.3 Å². The van der Waals surface area contributed by atoms with Crippen molar-refractivity contribution in [2.75, 3.05) is 0 Å². The molecule has 1 aromatic carbocycles. The van der Waals surface area contributed by atoms with E-state index in [1.807, 2.05) is 0 Å². The van der Waals surface area contributed by atoms with E-state index in [0.29, 0.717) is 17.4 Å². The van der Waals surface area contributed by atoms with Crippen LogP contribution in [0, 0.1) is 30.5 Å². The second-order valence-corrected chi connectivity index (χ2v) is 7.47. The zero-order valence-electron chi connectivity index (χ0n) is 14.6. The second kappa shape index (κ2) is 6.24. The van der Waals surface area contributed by atoms with Crippen LogP contribution in [0.5, 0.6) is 0 Å². The molecule has 2 aliphatic rings. The summed E-state index contributed by atoms with van der Waals surface area (Å²) in [5.41, 5.74) is 0.687. The Hall–Kier alpha value is -2.24. The van der Waals surface area contributed by atoms with E-state index < -0.39 is 0 Å². The van der Waals surface area contributed by atoms with Crippen molar-refractivity contribution in [1.29, 1.82) is 0 Å². The molecule has 2 fully saturated rings. The van der Waals surface area contributed by atoms with Gasteiger partial charge >= 0.3 is 0 Å². The molecule has 0 aliphatic heterocycles. The number of aryl methyl sites for hydroxylation is 1. The van der Waals surface area contributed by atoms with Gasteiger partial charge < -0.3 is 5.32 Å². The molecule has 2 saturated carbocycles. The number of carbonyl (C=O) groups excluding carboxylic acids is 1. The van der Waals surface area contributed by atoms with Crippen molar-refractivity contribution >= 4 is 5.91 Å². The van der Waals surface area contributed by atoms with Crippen molar-refractivity contribution in [3.8, 4) is 5.69 Å². The molecular formula is C19H23FN4O. The highest BCUT2D eigenvalue weighted by atomic mass is 19.1. The number of carbonyl (C=O) groups is 1. The molecule has 0 saturated heterocycles. The van der Waals surface area contributed by atoms with E-state index >= 15 is 0 Å². The summed E-state index contributed by atoms with van der Waals surface area (Å²) < 4.78 is 14.6. The third-order valence-electron chi connectivity index (χ3n) is 5.84. The third kappa shape index (κ3) is 3.05. The first-order valence-corrected chi connectivity index (χ1v) is 9.01. The minimum atomic E-state index is -0.306. The van der Waals surface area contributed by atoms with Gasteiger partial charge in [-0.1, -0.05) is 6.42 Å². The molecule has 6 heteroatoms. The van der Waals surface area contributed by atoms with Gasteiger partial charge in [-0.25, -0.2) is 14.1 Å². The minimum absolute atomic E-state index is 0.140. The molecule has 1 N–H and O–H groups in total. The molecule has 4 rings (SSSR count). The fraction of sp³-hybridized carbons (Fsp3) is 0.526. The molecule has 4 atom stereocenters. The zero-order valence-corrected chi connectivity index (χ0v) is 14.6. The lowest BCUT2D eigenvalue weighted by atomic mass is 9.84. The van der Waals surface area contributed by atoms with Crippen LogP contribution in [-0.4, -0.2) is 26.7 Å². The van der Waals surface area contributed by atoms with Gasteiger partial charge in [-0.2, -0.15) is 0 Å². The van der Waals surface area contributed by atoms with E-state index in [-0.39, 0.29) is 23.6 Å². The Morgan fingerprint density at radius 3 is 2.68 bits per heavy atom. The Kier molecular flexibility index (Phi) is 4.06. The molecule has 2 aliphatic carbocycles. The van der Waals surface area contributed by atoms with E-state index in [1.165, 1.54) is 37.8 Å². The topological polar surface area (TPSA) is 59.8 Å². The van der Waals surface area contributed by atoms with Crippen molar-refractivity contribution in [3.63, 3.8) is 0 Å². The largest absolute Gasteiger partial charge is 0.347 e. The molecule has 5 nitrogen and oxygen atoms in total. The molecule has 2 bridgehead atoms. The van der Waals surface area contributed by atoms with Crippen molar-refractivity contribution < 1.29 is 9.18 Å². The normalized spacial score (nSPS) is 26.0. The lowest BCUT2D eigenvalue weighted by Crippen LogP contribution is -2.40. The van der Waals surface area contributed by atoms with E-state index in [1.54, 1.807) is 23.7 Å². The Morgan fingerprint density at radius 1 is 1.28 bits per heavy atom. The quantitative estimate of drug-likeness (QED) is 0.928. The summed E-state index contributed by atoms with van der Waals surface area (Å²) >= 11 is 0. The predicted octanol–water partition coefficient (Wildman–Crippen LogP) is 3.27. The number of nitrogens with one attached hydrogen (secondary N) is 1. The van der Waals surface area contributed by atoms with Crippen molar-refractivity contribution in [3.05, 3.63) is 41.7 Å². The van der Waals surface area contributed by atoms with Crippen LogP contribution in [0.2, 0.25) is 0 Å². The molecule has 0 radical (unpaired) electrons. The Bertz CT molecular complexity index is 785. The number of amides is 1. The van der Waals surface area contributed by atoms with Crippen molar-refractivity contribution in [2.45, 2.75) is 45.6 Å². The SMILES string of the molecule is Cc1nc(C(=O)N[C@H](C)[C@H]2C[C@H]3CC[C@H]2C3)nn1-c1ccc(F)cc1. The smallest absolute Gasteiger partial charge is 0.291 e. The maximum Gasteiger partial charge on any atom is 0.291 e. The monoisotopic (exact) mass is 342 g/mol. The zero-order chi connectivity index (χ0) is 17.6. The fourth-order valence-electron chi connectivity index (χ4n) is 4.60. The number of hydrogen-bond acceptors (Lipinski definition) is 3. The average Bonchev–Trinajstić information content (AvgIpc) is 3.31. The van der Waals surface area contributed by atoms with Crippen LogP contribution in [-0.2, 0) is 0 Å². The summed E-state index contributed by atoms with van der Waals surface area (Å²) in [6.45, 7) is 3.87. The van der Waals surface area contributed by atoms with Gasteiger partial charge in [0.2, 0.25) is 5.82 Å². The molecule has 1 heterocycles. The third-order valence-corrected chi connectivity index (χ3v) is 5.84. The van der Waals surface area contributed by atoms with Crippen molar-refractivity contribution in [2.24, 2.45) is 17.8 Å². The number of fused-ring (bicyclic) bond motifs is 2. The number of rotatable bonds is 4. The highest BCUT2D eigenvalue weighted by Gasteiger charge is 2.42. The molecule has 1 aromatic heterocycles. The lowest BCUT2D eigenvalue weighted by Gasteiger charge is -2.28. The van der Waals surface area contributed by atoms with E-state index in [0.717, 1.165) is 11.8 Å². The number of halogens is 1. The first kappa shape index (κ1) is 16.2. The van der Waals surface area contributed by atoms with Gasteiger partial charge in [0.25, 0.3) is 5.91 Å². The number of hydrogen-bond donors (Lipinski definition) is 1. The summed E-state index contributed by atoms with van der Waals surface area (Å²) in [5, 5.41) is 7.40. The van der Waals surface area contributed by atoms with Crippen molar-refractivity contribution in [1.82, 2.24) is 20.1 Å². The summed E-state index contributed by atoms with van der Waals surface area (Å²) in [6.07, 6.45) is 5.20. The fourth-order valence-corrected chi connectivity index (χ4v) is 4.60. The number of aromatic nitrogens is 3. The Labute approximate surface area is 146 Å². The Morgan fingerprint density at radius 2 is 2.04 bits per heavy atom. The maximum absolute atomic E-state index is 13.1. The summed E-state index contributed by atoms with van der Waals surface area (Å²) in [7, 11) is 0. The highest BCUT2D eigenvalue weighted by Crippen LogP contribution is 2.49. The van der Waals surface area contributed by atoms with Crippen LogP contribution < -0.4 is 5.32 Å². The predicted molar refractivity (Wildman–Crippen MR) is 91.9 cm³/mol.